The number of ether oxygens (including phenoxy) is 2. The molecule has 0 saturated heterocycles. The zero-order valence-corrected chi connectivity index (χ0v) is 9.58. The monoisotopic (exact) mass is 219 g/mol. The molecule has 1 N–H and O–H groups in total. The third kappa shape index (κ3) is 1.42. The Bertz CT molecular complexity index is 399. The Kier molecular flexibility index (Phi) is 2.20. The van der Waals surface area contributed by atoms with Crippen LogP contribution in [-0.4, -0.2) is 20.3 Å². The summed E-state index contributed by atoms with van der Waals surface area (Å²) in [5.41, 5.74) is 1.42. The predicted molar refractivity (Wildman–Crippen MR) is 63.3 cm³/mol. The third-order valence-corrected chi connectivity index (χ3v) is 3.79. The minimum absolute atomic E-state index is 0.365. The summed E-state index contributed by atoms with van der Waals surface area (Å²) in [5, 5.41) is 3.49. The van der Waals surface area contributed by atoms with E-state index in [1.165, 1.54) is 19.3 Å². The van der Waals surface area contributed by atoms with Gasteiger partial charge in [-0.05, 0) is 25.0 Å². The zero-order chi connectivity index (χ0) is 11.0. The lowest BCUT2D eigenvalue weighted by Gasteiger charge is -2.40. The number of hydrogen-bond acceptors (Lipinski definition) is 3. The number of rotatable bonds is 1. The molecule has 1 aliphatic carbocycles. The molecule has 0 aromatic heterocycles. The van der Waals surface area contributed by atoms with Gasteiger partial charge in [-0.3, -0.25) is 0 Å². The minimum Gasteiger partial charge on any atom is -0.493 e. The molecule has 1 fully saturated rings. The lowest BCUT2D eigenvalue weighted by molar-refractivity contribution is 0.0751. The Balaban J connectivity index is 1.91. The zero-order valence-electron chi connectivity index (χ0n) is 9.58. The number of methoxy groups -OCH3 is 1. The van der Waals surface area contributed by atoms with Crippen LogP contribution in [-0.2, 0) is 0 Å². The summed E-state index contributed by atoms with van der Waals surface area (Å²) in [6, 6.07) is 5.99. The van der Waals surface area contributed by atoms with Crippen LogP contribution in [0.25, 0.3) is 0 Å². The van der Waals surface area contributed by atoms with Crippen molar-refractivity contribution < 1.29 is 9.47 Å². The number of fused-ring (bicyclic) bond motifs is 1. The SMILES string of the molecule is COc1cccc2c1OCC1(CCC1)CN2. The molecule has 0 amide bonds. The first-order chi connectivity index (χ1) is 7.83. The standard InChI is InChI=1S/C13H17NO2/c1-15-11-5-2-4-10-12(11)16-9-13(8-14-10)6-3-7-13/h2,4-5,14H,3,6-9H2,1H3. The van der Waals surface area contributed by atoms with E-state index in [0.717, 1.165) is 30.3 Å². The van der Waals surface area contributed by atoms with Crippen LogP contribution in [0.4, 0.5) is 5.69 Å². The van der Waals surface area contributed by atoms with E-state index in [1.54, 1.807) is 7.11 Å². The smallest absolute Gasteiger partial charge is 0.184 e. The Morgan fingerprint density at radius 3 is 2.94 bits per heavy atom. The van der Waals surface area contributed by atoms with Crippen LogP contribution in [0.2, 0.25) is 0 Å². The second-order valence-electron chi connectivity index (χ2n) is 4.83. The summed E-state index contributed by atoms with van der Waals surface area (Å²) < 4.78 is 11.3. The first-order valence-electron chi connectivity index (χ1n) is 5.87. The van der Waals surface area contributed by atoms with E-state index in [0.29, 0.717) is 5.41 Å². The van der Waals surface area contributed by atoms with Gasteiger partial charge in [-0.1, -0.05) is 12.5 Å². The van der Waals surface area contributed by atoms with Gasteiger partial charge in [0.1, 0.15) is 0 Å². The van der Waals surface area contributed by atoms with Gasteiger partial charge in [0.15, 0.2) is 11.5 Å². The average molecular weight is 219 g/mol. The second-order valence-corrected chi connectivity index (χ2v) is 4.83. The van der Waals surface area contributed by atoms with Gasteiger partial charge < -0.3 is 14.8 Å². The van der Waals surface area contributed by atoms with Crippen LogP contribution in [0.3, 0.4) is 0 Å². The van der Waals surface area contributed by atoms with Gasteiger partial charge in [0, 0.05) is 12.0 Å². The second kappa shape index (κ2) is 3.58. The molecule has 1 aromatic rings. The molecule has 3 nitrogen and oxygen atoms in total. The topological polar surface area (TPSA) is 30.5 Å². The van der Waals surface area contributed by atoms with E-state index < -0.39 is 0 Å². The first-order valence-corrected chi connectivity index (χ1v) is 5.87. The summed E-state index contributed by atoms with van der Waals surface area (Å²) in [7, 11) is 1.68. The van der Waals surface area contributed by atoms with E-state index in [4.69, 9.17) is 9.47 Å². The molecule has 1 spiro atoms. The number of hydrogen-bond donors (Lipinski definition) is 1. The number of anilines is 1. The molecule has 3 rings (SSSR count). The molecule has 1 aromatic carbocycles. The quantitative estimate of drug-likeness (QED) is 0.787. The Labute approximate surface area is 95.8 Å². The van der Waals surface area contributed by atoms with Gasteiger partial charge in [-0.15, -0.1) is 0 Å². The van der Waals surface area contributed by atoms with Gasteiger partial charge in [0.2, 0.25) is 0 Å². The molecular formula is C13H17NO2. The van der Waals surface area contributed by atoms with Crippen LogP contribution in [0, 0.1) is 5.41 Å². The van der Waals surface area contributed by atoms with Crippen molar-refractivity contribution in [3.63, 3.8) is 0 Å². The lowest BCUT2D eigenvalue weighted by atomic mass is 9.69. The molecule has 1 aliphatic heterocycles. The van der Waals surface area contributed by atoms with Gasteiger partial charge >= 0.3 is 0 Å². The van der Waals surface area contributed by atoms with Gasteiger partial charge in [0.25, 0.3) is 0 Å². The first kappa shape index (κ1) is 9.82. The van der Waals surface area contributed by atoms with Crippen molar-refractivity contribution in [3.8, 4) is 11.5 Å². The van der Waals surface area contributed by atoms with Crippen LogP contribution < -0.4 is 14.8 Å². The molecular weight excluding hydrogens is 202 g/mol. The summed E-state index contributed by atoms with van der Waals surface area (Å²) >= 11 is 0. The highest BCUT2D eigenvalue weighted by Crippen LogP contribution is 2.46. The summed E-state index contributed by atoms with van der Waals surface area (Å²) in [4.78, 5) is 0. The highest BCUT2D eigenvalue weighted by Gasteiger charge is 2.39. The molecule has 2 aliphatic rings. The number of nitrogens with one attached hydrogen (secondary N) is 1. The van der Waals surface area contributed by atoms with Gasteiger partial charge in [-0.25, -0.2) is 0 Å². The molecule has 1 saturated carbocycles. The van der Waals surface area contributed by atoms with Crippen molar-refractivity contribution in [3.05, 3.63) is 18.2 Å². The third-order valence-electron chi connectivity index (χ3n) is 3.79. The highest BCUT2D eigenvalue weighted by molar-refractivity contribution is 5.63. The van der Waals surface area contributed by atoms with Crippen LogP contribution in [0.1, 0.15) is 19.3 Å². The molecule has 16 heavy (non-hydrogen) atoms. The minimum atomic E-state index is 0.365. The maximum atomic E-state index is 5.94. The fraction of sp³-hybridized carbons (Fsp3) is 0.538. The Hall–Kier alpha value is -1.38. The molecule has 86 valence electrons. The largest absolute Gasteiger partial charge is 0.493 e. The molecule has 1 heterocycles. The van der Waals surface area contributed by atoms with E-state index in [-0.39, 0.29) is 0 Å². The van der Waals surface area contributed by atoms with Crippen LogP contribution >= 0.6 is 0 Å². The lowest BCUT2D eigenvalue weighted by Crippen LogP contribution is -2.40. The van der Waals surface area contributed by atoms with Crippen LogP contribution in [0.15, 0.2) is 18.2 Å². The Morgan fingerprint density at radius 1 is 1.38 bits per heavy atom. The summed E-state index contributed by atoms with van der Waals surface area (Å²) in [6.07, 6.45) is 3.88. The molecule has 0 radical (unpaired) electrons. The van der Waals surface area contributed by atoms with Gasteiger partial charge in [0.05, 0.1) is 19.4 Å². The van der Waals surface area contributed by atoms with Crippen LogP contribution in [0.5, 0.6) is 11.5 Å². The van der Waals surface area contributed by atoms with E-state index in [2.05, 4.69) is 11.4 Å². The molecule has 0 unspecified atom stereocenters. The van der Waals surface area contributed by atoms with Crippen molar-refractivity contribution in [2.24, 2.45) is 5.41 Å². The normalized spacial score (nSPS) is 21.1. The molecule has 3 heteroatoms. The summed E-state index contributed by atoms with van der Waals surface area (Å²) in [5.74, 6) is 1.69. The van der Waals surface area contributed by atoms with Crippen molar-refractivity contribution in [2.45, 2.75) is 19.3 Å². The summed E-state index contributed by atoms with van der Waals surface area (Å²) in [6.45, 7) is 1.83. The van der Waals surface area contributed by atoms with Crippen molar-refractivity contribution in [2.75, 3.05) is 25.6 Å². The fourth-order valence-corrected chi connectivity index (χ4v) is 2.52. The van der Waals surface area contributed by atoms with Gasteiger partial charge in [-0.2, -0.15) is 0 Å². The number of benzene rings is 1. The Morgan fingerprint density at radius 2 is 2.25 bits per heavy atom. The average Bonchev–Trinajstić information content (AvgIpc) is 2.47. The highest BCUT2D eigenvalue weighted by atomic mass is 16.5. The van der Waals surface area contributed by atoms with Crippen molar-refractivity contribution >= 4 is 5.69 Å². The predicted octanol–water partition coefficient (Wildman–Crippen LogP) is 2.67. The maximum absolute atomic E-state index is 5.94. The fourth-order valence-electron chi connectivity index (χ4n) is 2.52. The van der Waals surface area contributed by atoms with E-state index in [9.17, 15) is 0 Å². The van der Waals surface area contributed by atoms with Crippen molar-refractivity contribution in [1.29, 1.82) is 0 Å². The molecule has 0 atom stereocenters. The van der Waals surface area contributed by atoms with E-state index >= 15 is 0 Å². The van der Waals surface area contributed by atoms with Crippen molar-refractivity contribution in [1.82, 2.24) is 0 Å². The maximum Gasteiger partial charge on any atom is 0.184 e. The number of para-hydroxylation sites is 1. The molecule has 0 bridgehead atoms. The van der Waals surface area contributed by atoms with E-state index in [1.807, 2.05) is 12.1 Å².